The molecule has 4 aromatic rings. The van der Waals surface area contributed by atoms with Crippen molar-refractivity contribution < 1.29 is 9.59 Å². The zero-order valence-electron chi connectivity index (χ0n) is 33.8. The predicted octanol–water partition coefficient (Wildman–Crippen LogP) is 11.8. The molecule has 288 valence electrons. The number of aryl methyl sites for hydroxylation is 4. The number of fused-ring (bicyclic) bond motifs is 9. The zero-order valence-corrected chi connectivity index (χ0v) is 35.3. The van der Waals surface area contributed by atoms with Gasteiger partial charge in [-0.2, -0.15) is 0 Å². The maximum Gasteiger partial charge on any atom is 0.182 e. The highest BCUT2D eigenvalue weighted by molar-refractivity contribution is 6.53. The molecular formula is C49H46Cl2N4O2. The fraction of sp³-hybridized carbons (Fsp3) is 0.347. The summed E-state index contributed by atoms with van der Waals surface area (Å²) in [5.41, 5.74) is 22.3. The summed E-state index contributed by atoms with van der Waals surface area (Å²) in [5, 5.41) is 0. The van der Waals surface area contributed by atoms with Crippen molar-refractivity contribution in [3.8, 4) is 11.1 Å². The molecule has 1 saturated carbocycles. The molecule has 0 unspecified atom stereocenters. The minimum absolute atomic E-state index is 0.0922. The Labute approximate surface area is 343 Å². The van der Waals surface area contributed by atoms with E-state index >= 15 is 0 Å². The number of halogens is 2. The van der Waals surface area contributed by atoms with Crippen molar-refractivity contribution in [2.75, 3.05) is 0 Å². The second-order valence-electron chi connectivity index (χ2n) is 17.3. The molecule has 3 aromatic heterocycles. The number of allylic oxidation sites excluding steroid dienone is 8. The summed E-state index contributed by atoms with van der Waals surface area (Å²) < 4.78 is -1.06. The van der Waals surface area contributed by atoms with Gasteiger partial charge in [0.25, 0.3) is 0 Å². The Morgan fingerprint density at radius 1 is 0.632 bits per heavy atom. The molecule has 10 rings (SSSR count). The normalized spacial score (nSPS) is 23.2. The number of benzene rings is 1. The fourth-order valence-electron chi connectivity index (χ4n) is 11.1. The molecule has 0 saturated heterocycles. The van der Waals surface area contributed by atoms with Gasteiger partial charge in [0, 0.05) is 44.1 Å². The molecule has 0 radical (unpaired) electrons. The summed E-state index contributed by atoms with van der Waals surface area (Å²) in [6.07, 6.45) is 6.72. The van der Waals surface area contributed by atoms with Crippen LogP contribution in [0.5, 0.6) is 0 Å². The molecule has 2 atom stereocenters. The van der Waals surface area contributed by atoms with Crippen molar-refractivity contribution in [1.82, 2.24) is 19.9 Å². The van der Waals surface area contributed by atoms with E-state index in [0.717, 1.165) is 80.0 Å². The summed E-state index contributed by atoms with van der Waals surface area (Å²) >= 11 is 14.7. The first kappa shape index (κ1) is 36.6. The second kappa shape index (κ2) is 12.1. The van der Waals surface area contributed by atoms with E-state index < -0.39 is 15.2 Å². The molecule has 8 heteroatoms. The number of alkyl halides is 2. The van der Waals surface area contributed by atoms with Crippen LogP contribution >= 0.6 is 23.2 Å². The molecule has 8 bridgehead atoms. The predicted molar refractivity (Wildman–Crippen MR) is 233 cm³/mol. The molecule has 0 amide bonds. The number of carbonyl (C=O) groups excluding carboxylic acids is 2. The van der Waals surface area contributed by atoms with Crippen LogP contribution in [0.4, 0.5) is 0 Å². The molecule has 0 spiro atoms. The molecule has 6 aliphatic rings. The van der Waals surface area contributed by atoms with Crippen LogP contribution in [0.15, 0.2) is 59.7 Å². The first-order valence-electron chi connectivity index (χ1n) is 20.3. The third-order valence-electron chi connectivity index (χ3n) is 14.8. The smallest absolute Gasteiger partial charge is 0.182 e. The van der Waals surface area contributed by atoms with Crippen molar-refractivity contribution in [1.29, 1.82) is 0 Å². The number of nitrogens with zero attached hydrogens (tertiary/aromatic N) is 2. The van der Waals surface area contributed by atoms with Gasteiger partial charge in [-0.1, -0.05) is 32.0 Å². The van der Waals surface area contributed by atoms with Crippen molar-refractivity contribution in [2.24, 2.45) is 10.8 Å². The monoisotopic (exact) mass is 792 g/mol. The molecule has 4 aliphatic carbocycles. The first-order valence-corrected chi connectivity index (χ1v) is 21.0. The number of nitrogens with one attached hydrogen (secondary N) is 2. The Kier molecular flexibility index (Phi) is 7.78. The molecule has 57 heavy (non-hydrogen) atoms. The van der Waals surface area contributed by atoms with E-state index in [2.05, 4.69) is 102 Å². The highest BCUT2D eigenvalue weighted by Gasteiger charge is 2.87. The molecule has 5 heterocycles. The summed E-state index contributed by atoms with van der Waals surface area (Å²) in [6, 6.07) is 13.4. The van der Waals surface area contributed by atoms with Crippen molar-refractivity contribution in [3.63, 3.8) is 0 Å². The van der Waals surface area contributed by atoms with Crippen molar-refractivity contribution >= 4 is 79.1 Å². The fourth-order valence-corrected chi connectivity index (χ4v) is 12.3. The van der Waals surface area contributed by atoms with Crippen LogP contribution in [-0.2, 0) is 28.9 Å². The number of ketones is 2. The summed E-state index contributed by atoms with van der Waals surface area (Å²) in [4.78, 5) is 44.6. The second-order valence-corrected chi connectivity index (χ2v) is 18.6. The third-order valence-corrected chi connectivity index (χ3v) is 16.3. The molecule has 2 aliphatic heterocycles. The van der Waals surface area contributed by atoms with Gasteiger partial charge in [0.05, 0.1) is 28.3 Å². The van der Waals surface area contributed by atoms with Gasteiger partial charge in [-0.25, -0.2) is 9.97 Å². The minimum atomic E-state index is -1.06. The molecule has 1 aromatic carbocycles. The van der Waals surface area contributed by atoms with Gasteiger partial charge in [-0.3, -0.25) is 9.59 Å². The van der Waals surface area contributed by atoms with E-state index in [1.807, 2.05) is 0 Å². The van der Waals surface area contributed by atoms with Gasteiger partial charge in [0.2, 0.25) is 0 Å². The number of hydrogen-bond donors (Lipinski definition) is 2. The number of aromatic nitrogens is 4. The lowest BCUT2D eigenvalue weighted by Gasteiger charge is -2.36. The lowest BCUT2D eigenvalue weighted by Crippen LogP contribution is -2.33. The first-order chi connectivity index (χ1) is 27.1. The molecular weight excluding hydrogens is 747 g/mol. The lowest BCUT2D eigenvalue weighted by molar-refractivity contribution is -0.116. The van der Waals surface area contributed by atoms with E-state index in [4.69, 9.17) is 33.2 Å². The van der Waals surface area contributed by atoms with E-state index in [1.54, 1.807) is 0 Å². The average Bonchev–Trinajstić information content (AvgIpc) is 3.64. The number of aromatic amines is 2. The van der Waals surface area contributed by atoms with Gasteiger partial charge in [-0.15, -0.1) is 23.2 Å². The van der Waals surface area contributed by atoms with Crippen LogP contribution in [0.3, 0.4) is 0 Å². The Morgan fingerprint density at radius 2 is 1.28 bits per heavy atom. The standard InChI is InChI=1S/C49H46Cl2N4O2/c1-9-32-27(7)38-16-36-23(3)25(5)45(54-36)44(46-26(6)24(4)37(55-46)17-39-28(8)33(10-2)41(53-39)18-40(32)52-38)29-11-12-30-19-47-21-34-35(43(57)14-13-42(34)56)22-48(47,49(47,50)51)20-31(30)15-29/h11-18,52,54H,9-10,19-22H2,1-8H3/t47-,48+/m0/s1. The molecule has 1 fully saturated rings. The van der Waals surface area contributed by atoms with E-state index in [-0.39, 0.29) is 11.6 Å². The highest BCUT2D eigenvalue weighted by atomic mass is 35.5. The van der Waals surface area contributed by atoms with E-state index in [0.29, 0.717) is 36.8 Å². The summed E-state index contributed by atoms with van der Waals surface area (Å²) in [5.74, 6) is -0.190. The van der Waals surface area contributed by atoms with Crippen molar-refractivity contribution in [2.45, 2.75) is 98.2 Å². The number of H-pyrrole nitrogens is 2. The van der Waals surface area contributed by atoms with Gasteiger partial charge >= 0.3 is 0 Å². The van der Waals surface area contributed by atoms with Crippen LogP contribution in [-0.4, -0.2) is 35.8 Å². The van der Waals surface area contributed by atoms with Crippen molar-refractivity contribution in [3.05, 3.63) is 116 Å². The van der Waals surface area contributed by atoms with Gasteiger partial charge < -0.3 is 9.97 Å². The van der Waals surface area contributed by atoms with Gasteiger partial charge in [-0.05, 0) is 172 Å². The van der Waals surface area contributed by atoms with Crippen LogP contribution in [0.25, 0.3) is 55.5 Å². The van der Waals surface area contributed by atoms with Gasteiger partial charge in [0.1, 0.15) is 4.33 Å². The van der Waals surface area contributed by atoms with Gasteiger partial charge in [0.15, 0.2) is 11.6 Å². The van der Waals surface area contributed by atoms with Crippen LogP contribution < -0.4 is 0 Å². The SMILES string of the molecule is CCC1=C(C)c2cc3nc(c(-c4ccc5c(c4)C[C@@]46CC7=C(C[C@]4(C5)C6(Cl)Cl)C(=O)C=CC7=O)c4[nH]c(cc5[nH]c(cc1n2)c(CC)c5C)c(C)c4C)C(C)=C3C. The van der Waals surface area contributed by atoms with Crippen LogP contribution in [0, 0.1) is 31.6 Å². The maximum absolute atomic E-state index is 13.2. The van der Waals surface area contributed by atoms with E-state index in [9.17, 15) is 9.59 Å². The number of hydrogen-bond acceptors (Lipinski definition) is 4. The number of carbonyl (C=O) groups is 2. The van der Waals surface area contributed by atoms with Crippen LogP contribution in [0.1, 0.15) is 110 Å². The lowest BCUT2D eigenvalue weighted by atomic mass is 9.65. The van der Waals surface area contributed by atoms with E-state index in [1.165, 1.54) is 56.7 Å². The summed E-state index contributed by atoms with van der Waals surface area (Å²) in [7, 11) is 0. The minimum Gasteiger partial charge on any atom is -0.355 e. The molecule has 6 nitrogen and oxygen atoms in total. The largest absolute Gasteiger partial charge is 0.355 e. The zero-order chi connectivity index (χ0) is 40.1. The topological polar surface area (TPSA) is 91.5 Å². The Balaban J connectivity index is 1.23. The van der Waals surface area contributed by atoms with Crippen LogP contribution in [0.2, 0.25) is 0 Å². The number of rotatable bonds is 3. The Morgan fingerprint density at radius 3 is 1.95 bits per heavy atom. The Hall–Kier alpha value is -4.78. The summed E-state index contributed by atoms with van der Waals surface area (Å²) in [6.45, 7) is 17.5. The quantitative estimate of drug-likeness (QED) is 0.160. The Bertz CT molecular complexity index is 2910. The third kappa shape index (κ3) is 4.72. The molecule has 2 N–H and O–H groups in total. The maximum atomic E-state index is 13.2. The average molecular weight is 794 g/mol. The highest BCUT2D eigenvalue weighted by Crippen LogP contribution is 2.86.